The van der Waals surface area contributed by atoms with Crippen molar-refractivity contribution in [3.8, 4) is 0 Å². The van der Waals surface area contributed by atoms with Crippen LogP contribution in [0, 0.1) is 0 Å². The molecule has 4 nitrogen and oxygen atoms in total. The third-order valence-electron chi connectivity index (χ3n) is 3.62. The van der Waals surface area contributed by atoms with Crippen molar-refractivity contribution < 1.29 is 4.79 Å². The SMILES string of the molecule is CCn1cc(N)cc1C(=O)N1CCCC1(C)C. The Morgan fingerprint density at radius 2 is 2.24 bits per heavy atom. The minimum absolute atomic E-state index is 0.0330. The number of likely N-dealkylation sites (tertiary alicyclic amines) is 1. The van der Waals surface area contributed by atoms with E-state index in [0.29, 0.717) is 11.4 Å². The second-order valence-electron chi connectivity index (χ2n) is 5.32. The highest BCUT2D eigenvalue weighted by Crippen LogP contribution is 2.30. The van der Waals surface area contributed by atoms with Gasteiger partial charge in [-0.3, -0.25) is 4.79 Å². The van der Waals surface area contributed by atoms with Crippen LogP contribution in [0.4, 0.5) is 5.69 Å². The zero-order valence-corrected chi connectivity index (χ0v) is 10.9. The van der Waals surface area contributed by atoms with Crippen LogP contribution in [0.15, 0.2) is 12.3 Å². The number of aryl methyl sites for hydroxylation is 1. The molecule has 0 atom stereocenters. The Labute approximate surface area is 102 Å². The Balaban J connectivity index is 2.31. The molecule has 0 unspecified atom stereocenters. The summed E-state index contributed by atoms with van der Waals surface area (Å²) in [6.45, 7) is 7.89. The van der Waals surface area contributed by atoms with Crippen LogP contribution < -0.4 is 5.73 Å². The first kappa shape index (κ1) is 12.0. The summed E-state index contributed by atoms with van der Waals surface area (Å²) < 4.78 is 1.92. The summed E-state index contributed by atoms with van der Waals surface area (Å²) in [6.07, 6.45) is 3.98. The van der Waals surface area contributed by atoms with Crippen molar-refractivity contribution in [1.82, 2.24) is 9.47 Å². The predicted octanol–water partition coefficient (Wildman–Crippen LogP) is 2.10. The van der Waals surface area contributed by atoms with Gasteiger partial charge in [0.2, 0.25) is 0 Å². The number of rotatable bonds is 2. The van der Waals surface area contributed by atoms with Gasteiger partial charge in [0.1, 0.15) is 5.69 Å². The first-order valence-electron chi connectivity index (χ1n) is 6.23. The maximum atomic E-state index is 12.5. The molecule has 1 saturated heterocycles. The number of carbonyl (C=O) groups is 1. The van der Waals surface area contributed by atoms with Gasteiger partial charge in [0.25, 0.3) is 5.91 Å². The minimum atomic E-state index is -0.0330. The summed E-state index contributed by atoms with van der Waals surface area (Å²) in [4.78, 5) is 14.5. The van der Waals surface area contributed by atoms with Crippen molar-refractivity contribution in [1.29, 1.82) is 0 Å². The number of aromatic nitrogens is 1. The summed E-state index contributed by atoms with van der Waals surface area (Å²) in [6, 6.07) is 1.78. The highest BCUT2D eigenvalue weighted by atomic mass is 16.2. The normalized spacial score (nSPS) is 18.6. The fraction of sp³-hybridized carbons (Fsp3) is 0.615. The number of hydrogen-bond acceptors (Lipinski definition) is 2. The Morgan fingerprint density at radius 3 is 2.76 bits per heavy atom. The van der Waals surface area contributed by atoms with Gasteiger partial charge in [-0.05, 0) is 39.7 Å². The van der Waals surface area contributed by atoms with E-state index >= 15 is 0 Å². The molecule has 1 aliphatic heterocycles. The van der Waals surface area contributed by atoms with Gasteiger partial charge in [-0.1, -0.05) is 0 Å². The maximum absolute atomic E-state index is 12.5. The van der Waals surface area contributed by atoms with Gasteiger partial charge in [0.05, 0.1) is 5.69 Å². The summed E-state index contributed by atoms with van der Waals surface area (Å²) in [5.41, 5.74) is 7.10. The molecule has 4 heteroatoms. The molecular weight excluding hydrogens is 214 g/mol. The van der Waals surface area contributed by atoms with Gasteiger partial charge in [-0.25, -0.2) is 0 Å². The monoisotopic (exact) mass is 235 g/mol. The third kappa shape index (κ3) is 2.04. The van der Waals surface area contributed by atoms with Crippen LogP contribution in [0.1, 0.15) is 44.1 Å². The molecule has 0 bridgehead atoms. The number of nitrogens with zero attached hydrogens (tertiary/aromatic N) is 2. The number of carbonyl (C=O) groups excluding carboxylic acids is 1. The largest absolute Gasteiger partial charge is 0.397 e. The minimum Gasteiger partial charge on any atom is -0.397 e. The van der Waals surface area contributed by atoms with E-state index in [2.05, 4.69) is 13.8 Å². The molecule has 0 aliphatic carbocycles. The van der Waals surface area contributed by atoms with Crippen LogP contribution in [0.25, 0.3) is 0 Å². The fourth-order valence-electron chi connectivity index (χ4n) is 2.60. The molecule has 2 heterocycles. The molecule has 2 N–H and O–H groups in total. The van der Waals surface area contributed by atoms with E-state index in [4.69, 9.17) is 5.73 Å². The Bertz CT molecular complexity index is 434. The zero-order chi connectivity index (χ0) is 12.6. The van der Waals surface area contributed by atoms with Gasteiger partial charge in [-0.2, -0.15) is 0 Å². The standard InChI is InChI=1S/C13H21N3O/c1-4-15-9-10(14)8-11(15)12(17)16-7-5-6-13(16,2)3/h8-9H,4-7,14H2,1-3H3. The van der Waals surface area contributed by atoms with Crippen molar-refractivity contribution in [3.05, 3.63) is 18.0 Å². The number of amides is 1. The van der Waals surface area contributed by atoms with E-state index in [1.54, 1.807) is 6.07 Å². The van der Waals surface area contributed by atoms with Gasteiger partial charge in [0.15, 0.2) is 0 Å². The molecule has 0 radical (unpaired) electrons. The first-order valence-corrected chi connectivity index (χ1v) is 6.23. The number of anilines is 1. The van der Waals surface area contributed by atoms with E-state index in [-0.39, 0.29) is 11.4 Å². The van der Waals surface area contributed by atoms with E-state index in [0.717, 1.165) is 25.9 Å². The maximum Gasteiger partial charge on any atom is 0.270 e. The molecule has 17 heavy (non-hydrogen) atoms. The molecule has 2 rings (SSSR count). The van der Waals surface area contributed by atoms with Crippen molar-refractivity contribution in [3.63, 3.8) is 0 Å². The molecule has 0 spiro atoms. The van der Waals surface area contributed by atoms with E-state index in [1.807, 2.05) is 22.6 Å². The Kier molecular flexibility index (Phi) is 2.89. The second-order valence-corrected chi connectivity index (χ2v) is 5.32. The smallest absolute Gasteiger partial charge is 0.270 e. The molecule has 1 aromatic rings. The lowest BCUT2D eigenvalue weighted by Gasteiger charge is -2.31. The highest BCUT2D eigenvalue weighted by molar-refractivity contribution is 5.94. The molecule has 1 aromatic heterocycles. The first-order chi connectivity index (χ1) is 7.95. The van der Waals surface area contributed by atoms with Crippen LogP contribution in [0.5, 0.6) is 0 Å². The molecule has 1 fully saturated rings. The van der Waals surface area contributed by atoms with Crippen LogP contribution >= 0.6 is 0 Å². The average molecular weight is 235 g/mol. The number of nitrogen functional groups attached to an aromatic ring is 1. The van der Waals surface area contributed by atoms with Crippen molar-refractivity contribution >= 4 is 11.6 Å². The van der Waals surface area contributed by atoms with Crippen molar-refractivity contribution in [2.75, 3.05) is 12.3 Å². The lowest BCUT2D eigenvalue weighted by atomic mass is 10.0. The Morgan fingerprint density at radius 1 is 1.53 bits per heavy atom. The lowest BCUT2D eigenvalue weighted by Crippen LogP contribution is -2.43. The van der Waals surface area contributed by atoms with Crippen molar-refractivity contribution in [2.24, 2.45) is 0 Å². The molecule has 94 valence electrons. The van der Waals surface area contributed by atoms with Crippen LogP contribution in [0.3, 0.4) is 0 Å². The number of hydrogen-bond donors (Lipinski definition) is 1. The molecule has 1 amide bonds. The Hall–Kier alpha value is -1.45. The summed E-state index contributed by atoms with van der Waals surface area (Å²) in [7, 11) is 0. The second kappa shape index (κ2) is 4.09. The lowest BCUT2D eigenvalue weighted by molar-refractivity contribution is 0.0641. The molecule has 0 saturated carbocycles. The summed E-state index contributed by atoms with van der Waals surface area (Å²) in [5.74, 6) is 0.103. The fourth-order valence-corrected chi connectivity index (χ4v) is 2.60. The summed E-state index contributed by atoms with van der Waals surface area (Å²) in [5, 5.41) is 0. The quantitative estimate of drug-likeness (QED) is 0.853. The van der Waals surface area contributed by atoms with Gasteiger partial charge in [0, 0.05) is 24.8 Å². The third-order valence-corrected chi connectivity index (χ3v) is 3.62. The topological polar surface area (TPSA) is 51.3 Å². The van der Waals surface area contributed by atoms with Gasteiger partial charge < -0.3 is 15.2 Å². The zero-order valence-electron chi connectivity index (χ0n) is 10.9. The van der Waals surface area contributed by atoms with Gasteiger partial charge >= 0.3 is 0 Å². The number of nitrogens with two attached hydrogens (primary N) is 1. The highest BCUT2D eigenvalue weighted by Gasteiger charge is 2.36. The van der Waals surface area contributed by atoms with Crippen LogP contribution in [0.2, 0.25) is 0 Å². The van der Waals surface area contributed by atoms with E-state index < -0.39 is 0 Å². The summed E-state index contributed by atoms with van der Waals surface area (Å²) >= 11 is 0. The van der Waals surface area contributed by atoms with E-state index in [1.165, 1.54) is 0 Å². The predicted molar refractivity (Wildman–Crippen MR) is 68.9 cm³/mol. The van der Waals surface area contributed by atoms with Crippen LogP contribution in [-0.2, 0) is 6.54 Å². The molecule has 0 aromatic carbocycles. The van der Waals surface area contributed by atoms with Gasteiger partial charge in [-0.15, -0.1) is 0 Å². The van der Waals surface area contributed by atoms with Crippen molar-refractivity contribution in [2.45, 2.75) is 45.7 Å². The van der Waals surface area contributed by atoms with E-state index in [9.17, 15) is 4.79 Å². The molecule has 1 aliphatic rings. The van der Waals surface area contributed by atoms with Crippen LogP contribution in [-0.4, -0.2) is 27.5 Å². The molecular formula is C13H21N3O. The average Bonchev–Trinajstić information content (AvgIpc) is 2.80.